The predicted octanol–water partition coefficient (Wildman–Crippen LogP) is 4.05. The lowest BCUT2D eigenvalue weighted by molar-refractivity contribution is 0.102. The standard InChI is InChI=1S/C16H14ClNO4S/c1-20-13-5-9(23-2)3-4-10(13)16(19)18-12-7-15-14(6-11(12)17)21-8-22-15/h3-7H,8H2,1-2H3,(H,18,19). The Morgan fingerprint density at radius 1 is 1.26 bits per heavy atom. The maximum Gasteiger partial charge on any atom is 0.259 e. The summed E-state index contributed by atoms with van der Waals surface area (Å²) in [7, 11) is 1.53. The number of ether oxygens (including phenoxy) is 3. The van der Waals surface area contributed by atoms with Crippen molar-refractivity contribution in [3.05, 3.63) is 40.9 Å². The fourth-order valence-electron chi connectivity index (χ4n) is 2.19. The molecule has 3 rings (SSSR count). The van der Waals surface area contributed by atoms with Gasteiger partial charge in [0, 0.05) is 17.0 Å². The molecular weight excluding hydrogens is 338 g/mol. The quantitative estimate of drug-likeness (QED) is 0.842. The van der Waals surface area contributed by atoms with Crippen molar-refractivity contribution in [2.24, 2.45) is 0 Å². The van der Waals surface area contributed by atoms with E-state index < -0.39 is 0 Å². The van der Waals surface area contributed by atoms with Gasteiger partial charge in [-0.05, 0) is 24.5 Å². The molecule has 7 heteroatoms. The van der Waals surface area contributed by atoms with E-state index in [0.717, 1.165) is 4.90 Å². The minimum absolute atomic E-state index is 0.146. The van der Waals surface area contributed by atoms with Crippen molar-refractivity contribution in [1.29, 1.82) is 0 Å². The van der Waals surface area contributed by atoms with Crippen LogP contribution in [-0.4, -0.2) is 26.1 Å². The molecule has 5 nitrogen and oxygen atoms in total. The Hall–Kier alpha value is -2.05. The third kappa shape index (κ3) is 3.18. The van der Waals surface area contributed by atoms with Gasteiger partial charge in [-0.15, -0.1) is 11.8 Å². The van der Waals surface area contributed by atoms with Crippen molar-refractivity contribution >= 4 is 35.0 Å². The van der Waals surface area contributed by atoms with E-state index in [1.165, 1.54) is 7.11 Å². The summed E-state index contributed by atoms with van der Waals surface area (Å²) in [5.74, 6) is 1.31. The van der Waals surface area contributed by atoms with Crippen LogP contribution in [-0.2, 0) is 0 Å². The molecule has 0 aliphatic carbocycles. The van der Waals surface area contributed by atoms with Crippen molar-refractivity contribution in [2.45, 2.75) is 4.90 Å². The molecule has 1 aliphatic rings. The van der Waals surface area contributed by atoms with E-state index in [2.05, 4.69) is 5.32 Å². The van der Waals surface area contributed by atoms with E-state index in [-0.39, 0.29) is 12.7 Å². The van der Waals surface area contributed by atoms with E-state index in [0.29, 0.717) is 33.5 Å². The number of rotatable bonds is 4. The Balaban J connectivity index is 1.88. The van der Waals surface area contributed by atoms with Crippen LogP contribution >= 0.6 is 23.4 Å². The number of halogens is 1. The predicted molar refractivity (Wildman–Crippen MR) is 90.3 cm³/mol. The molecule has 1 aliphatic heterocycles. The van der Waals surface area contributed by atoms with Crippen LogP contribution in [0.2, 0.25) is 5.02 Å². The van der Waals surface area contributed by atoms with Gasteiger partial charge >= 0.3 is 0 Å². The third-order valence-electron chi connectivity index (χ3n) is 3.36. The number of methoxy groups -OCH3 is 1. The second-order valence-corrected chi connectivity index (χ2v) is 5.99. The van der Waals surface area contributed by atoms with E-state index >= 15 is 0 Å². The van der Waals surface area contributed by atoms with Crippen LogP contribution in [0.3, 0.4) is 0 Å². The smallest absolute Gasteiger partial charge is 0.259 e. The van der Waals surface area contributed by atoms with E-state index in [9.17, 15) is 4.79 Å². The number of anilines is 1. The highest BCUT2D eigenvalue weighted by Gasteiger charge is 2.19. The van der Waals surface area contributed by atoms with Crippen LogP contribution < -0.4 is 19.5 Å². The number of carbonyl (C=O) groups excluding carboxylic acids is 1. The Morgan fingerprint density at radius 2 is 2.00 bits per heavy atom. The van der Waals surface area contributed by atoms with Gasteiger partial charge in [-0.2, -0.15) is 0 Å². The van der Waals surface area contributed by atoms with Crippen molar-refractivity contribution in [3.63, 3.8) is 0 Å². The molecule has 0 radical (unpaired) electrons. The average Bonchev–Trinajstić information content (AvgIpc) is 3.01. The average molecular weight is 352 g/mol. The lowest BCUT2D eigenvalue weighted by atomic mass is 10.1. The van der Waals surface area contributed by atoms with Crippen LogP contribution in [0.4, 0.5) is 5.69 Å². The molecule has 1 N–H and O–H groups in total. The molecule has 0 saturated carbocycles. The largest absolute Gasteiger partial charge is 0.496 e. The molecule has 0 fully saturated rings. The summed E-state index contributed by atoms with van der Waals surface area (Å²) >= 11 is 7.75. The summed E-state index contributed by atoms with van der Waals surface area (Å²) < 4.78 is 15.8. The Labute approximate surface area is 142 Å². The molecule has 2 aromatic rings. The summed E-state index contributed by atoms with van der Waals surface area (Å²) in [5.41, 5.74) is 0.885. The molecule has 2 aromatic carbocycles. The number of hydrogen-bond donors (Lipinski definition) is 1. The number of hydrogen-bond acceptors (Lipinski definition) is 5. The van der Waals surface area contributed by atoms with Crippen molar-refractivity contribution in [2.75, 3.05) is 25.5 Å². The normalized spacial score (nSPS) is 12.1. The molecule has 0 atom stereocenters. The number of benzene rings is 2. The second-order valence-electron chi connectivity index (χ2n) is 4.71. The number of amides is 1. The van der Waals surface area contributed by atoms with Gasteiger partial charge in [-0.25, -0.2) is 0 Å². The van der Waals surface area contributed by atoms with Gasteiger partial charge in [0.1, 0.15) is 5.75 Å². The van der Waals surface area contributed by atoms with Gasteiger partial charge in [0.2, 0.25) is 6.79 Å². The zero-order valence-electron chi connectivity index (χ0n) is 12.5. The number of fused-ring (bicyclic) bond motifs is 1. The number of nitrogens with one attached hydrogen (secondary N) is 1. The molecular formula is C16H14ClNO4S. The molecule has 0 aromatic heterocycles. The van der Waals surface area contributed by atoms with Crippen LogP contribution in [0.25, 0.3) is 0 Å². The first-order chi connectivity index (χ1) is 11.1. The van der Waals surface area contributed by atoms with Gasteiger partial charge in [0.05, 0.1) is 23.4 Å². The first kappa shape index (κ1) is 15.8. The summed E-state index contributed by atoms with van der Waals surface area (Å²) in [6.07, 6.45) is 1.96. The van der Waals surface area contributed by atoms with Gasteiger partial charge < -0.3 is 19.5 Å². The van der Waals surface area contributed by atoms with Gasteiger partial charge in [-0.3, -0.25) is 4.79 Å². The minimum Gasteiger partial charge on any atom is -0.496 e. The number of thioether (sulfide) groups is 1. The molecule has 0 bridgehead atoms. The highest BCUT2D eigenvalue weighted by molar-refractivity contribution is 7.98. The molecule has 0 spiro atoms. The highest BCUT2D eigenvalue weighted by Crippen LogP contribution is 2.39. The van der Waals surface area contributed by atoms with Crippen molar-refractivity contribution in [1.82, 2.24) is 0 Å². The van der Waals surface area contributed by atoms with Crippen molar-refractivity contribution in [3.8, 4) is 17.2 Å². The monoisotopic (exact) mass is 351 g/mol. The first-order valence-corrected chi connectivity index (χ1v) is 8.35. The lowest BCUT2D eigenvalue weighted by Gasteiger charge is -2.12. The number of carbonyl (C=O) groups is 1. The first-order valence-electron chi connectivity index (χ1n) is 6.75. The molecule has 0 unspecified atom stereocenters. The summed E-state index contributed by atoms with van der Waals surface area (Å²) in [6, 6.07) is 8.67. The SMILES string of the molecule is COc1cc(SC)ccc1C(=O)Nc1cc2c(cc1Cl)OCO2. The fraction of sp³-hybridized carbons (Fsp3) is 0.188. The molecule has 0 saturated heterocycles. The highest BCUT2D eigenvalue weighted by atomic mass is 35.5. The van der Waals surface area contributed by atoms with Crippen LogP contribution in [0.1, 0.15) is 10.4 Å². The minimum atomic E-state index is -0.310. The Kier molecular flexibility index (Phi) is 4.54. The molecule has 1 heterocycles. The van der Waals surface area contributed by atoms with E-state index in [1.807, 2.05) is 18.4 Å². The Morgan fingerprint density at radius 3 is 2.70 bits per heavy atom. The van der Waals surface area contributed by atoms with Gasteiger partial charge in [0.25, 0.3) is 5.91 Å². The second kappa shape index (κ2) is 6.60. The summed E-state index contributed by atoms with van der Waals surface area (Å²) in [6.45, 7) is 0.146. The van der Waals surface area contributed by atoms with Crippen LogP contribution in [0.5, 0.6) is 17.2 Å². The lowest BCUT2D eigenvalue weighted by Crippen LogP contribution is -2.13. The summed E-state index contributed by atoms with van der Waals surface area (Å²) in [5, 5.41) is 3.15. The Bertz CT molecular complexity index is 766. The van der Waals surface area contributed by atoms with Crippen LogP contribution in [0, 0.1) is 0 Å². The van der Waals surface area contributed by atoms with Gasteiger partial charge in [-0.1, -0.05) is 11.6 Å². The van der Waals surface area contributed by atoms with Gasteiger partial charge in [0.15, 0.2) is 11.5 Å². The third-order valence-corrected chi connectivity index (χ3v) is 4.40. The molecule has 1 amide bonds. The van der Waals surface area contributed by atoms with Crippen LogP contribution in [0.15, 0.2) is 35.2 Å². The van der Waals surface area contributed by atoms with E-state index in [4.69, 9.17) is 25.8 Å². The molecule has 120 valence electrons. The maximum absolute atomic E-state index is 12.5. The fourth-order valence-corrected chi connectivity index (χ4v) is 2.82. The summed E-state index contributed by atoms with van der Waals surface area (Å²) in [4.78, 5) is 13.5. The topological polar surface area (TPSA) is 56.8 Å². The van der Waals surface area contributed by atoms with Crippen molar-refractivity contribution < 1.29 is 19.0 Å². The molecule has 23 heavy (non-hydrogen) atoms. The maximum atomic E-state index is 12.5. The van der Waals surface area contributed by atoms with E-state index in [1.54, 1.807) is 30.0 Å². The zero-order chi connectivity index (χ0) is 16.4. The zero-order valence-corrected chi connectivity index (χ0v) is 14.1.